The zero-order valence-electron chi connectivity index (χ0n) is 30.0. The van der Waals surface area contributed by atoms with Crippen LogP contribution in [0, 0.1) is 116 Å². The summed E-state index contributed by atoms with van der Waals surface area (Å²) in [5, 5.41) is 0. The second-order valence-electron chi connectivity index (χ2n) is 12.8. The van der Waals surface area contributed by atoms with Gasteiger partial charge in [0.2, 0.25) is 12.3 Å². The van der Waals surface area contributed by atoms with E-state index in [0.717, 1.165) is 10.6 Å². The van der Waals surface area contributed by atoms with Crippen molar-refractivity contribution < 1.29 is 110 Å². The number of benzene rings is 5. The number of hydrogen-bond donors (Lipinski definition) is 0. The van der Waals surface area contributed by atoms with Gasteiger partial charge in [-0.25, -0.2) is 87.8 Å². The normalized spacial score (nSPS) is 11.8. The van der Waals surface area contributed by atoms with E-state index in [2.05, 4.69) is 0 Å². The summed E-state index contributed by atoms with van der Waals surface area (Å²) < 4.78 is 333. The van der Waals surface area contributed by atoms with Crippen molar-refractivity contribution >= 4 is 33.8 Å². The standard InChI is InChI=1S/C24BF20.C14H11F3NO/c26-5-1(6(27)14(35)21(42)13(5)34)25(2-7(28)15(36)22(43)16(37)8(2)29,3-9(30)17(38)23(44)18(39)10(3)31)4-11(32)19(40)24(45)20(41)12(4)33;15-14(16,17)13-8-4-5-9-18(13)10-12(19)11-6-2-1-3-7-11/h;1-9H,10H2/q-1;+1. The predicted octanol–water partition coefficient (Wildman–Crippen LogP) is 8.72. The molecule has 0 saturated carbocycles. The summed E-state index contributed by atoms with van der Waals surface area (Å²) in [5.41, 5.74) is -14.8. The van der Waals surface area contributed by atoms with Crippen LogP contribution in [-0.2, 0) is 12.7 Å². The molecule has 64 heavy (non-hydrogen) atoms. The van der Waals surface area contributed by atoms with Crippen molar-refractivity contribution in [1.29, 1.82) is 0 Å². The Kier molecular flexibility index (Phi) is 13.2. The van der Waals surface area contributed by atoms with Gasteiger partial charge in [0.15, 0.2) is 76.0 Å². The average Bonchev–Trinajstić information content (AvgIpc) is 3.26. The quantitative estimate of drug-likeness (QED) is 0.0392. The molecule has 2 nitrogen and oxygen atoms in total. The molecule has 0 aliphatic carbocycles. The highest BCUT2D eigenvalue weighted by Gasteiger charge is 2.52. The molecular weight excluding hydrogens is 934 g/mol. The van der Waals surface area contributed by atoms with Crippen LogP contribution in [0.5, 0.6) is 0 Å². The molecule has 0 fully saturated rings. The number of carbonyl (C=O) groups excluding carboxylic acids is 1. The van der Waals surface area contributed by atoms with Crippen molar-refractivity contribution in [2.24, 2.45) is 0 Å². The van der Waals surface area contributed by atoms with Gasteiger partial charge in [-0.2, -0.15) is 17.7 Å². The third-order valence-corrected chi connectivity index (χ3v) is 9.35. The fourth-order valence-corrected chi connectivity index (χ4v) is 6.62. The monoisotopic (exact) mass is 945 g/mol. The Morgan fingerprint density at radius 1 is 0.375 bits per heavy atom. The zero-order chi connectivity index (χ0) is 48.2. The Balaban J connectivity index is 0.000000337. The number of Topliss-reactive ketones (excluding diaryl/α,β-unsaturated/α-hetero) is 1. The Labute approximate surface area is 339 Å². The molecule has 26 heteroatoms. The van der Waals surface area contributed by atoms with E-state index < -0.39 is 156 Å². The molecule has 1 heterocycles. The minimum atomic E-state index is -7.22. The highest BCUT2D eigenvalue weighted by atomic mass is 19.4. The molecular formula is C38H11BF23NO. The van der Waals surface area contributed by atoms with E-state index in [-0.39, 0.29) is 12.3 Å². The molecule has 0 atom stereocenters. The number of pyridine rings is 1. The van der Waals surface area contributed by atoms with Crippen LogP contribution in [0.1, 0.15) is 16.1 Å². The van der Waals surface area contributed by atoms with E-state index in [4.69, 9.17) is 0 Å². The van der Waals surface area contributed by atoms with Crippen molar-refractivity contribution in [3.63, 3.8) is 0 Å². The lowest BCUT2D eigenvalue weighted by molar-refractivity contribution is -0.702. The molecule has 0 radical (unpaired) electrons. The molecule has 1 aromatic heterocycles. The number of nitrogens with zero attached hydrogens (tertiary/aromatic N) is 1. The lowest BCUT2D eigenvalue weighted by Gasteiger charge is -2.44. The number of ketones is 1. The first kappa shape index (κ1) is 48.4. The van der Waals surface area contributed by atoms with Crippen LogP contribution in [-0.4, -0.2) is 11.9 Å². The molecule has 0 saturated heterocycles. The van der Waals surface area contributed by atoms with Gasteiger partial charge in [0, 0.05) is 17.7 Å². The summed E-state index contributed by atoms with van der Waals surface area (Å²) in [5.74, 6) is -71.8. The van der Waals surface area contributed by atoms with E-state index in [1.165, 1.54) is 18.3 Å². The lowest BCUT2D eigenvalue weighted by atomic mass is 9.12. The maximum Gasteiger partial charge on any atom is 0.477 e. The summed E-state index contributed by atoms with van der Waals surface area (Å²) in [7, 11) is 0. The molecule has 0 amide bonds. The SMILES string of the molecule is Fc1c(F)c(F)c([B-](c2c(F)c(F)c(F)c(F)c2F)(c2c(F)c(F)c(F)c(F)c2F)c2c(F)c(F)c(F)c(F)c2F)c(F)c1F.O=C(C[n+]1ccccc1C(F)(F)F)c1ccccc1. The summed E-state index contributed by atoms with van der Waals surface area (Å²) >= 11 is 0. The molecule has 338 valence electrons. The molecule has 0 aliphatic rings. The fourth-order valence-electron chi connectivity index (χ4n) is 6.62. The third-order valence-electron chi connectivity index (χ3n) is 9.35. The van der Waals surface area contributed by atoms with Crippen LogP contribution in [0.2, 0.25) is 0 Å². The molecule has 0 unspecified atom stereocenters. The van der Waals surface area contributed by atoms with E-state index >= 15 is 35.1 Å². The van der Waals surface area contributed by atoms with Crippen molar-refractivity contribution in [1.82, 2.24) is 0 Å². The van der Waals surface area contributed by atoms with Crippen molar-refractivity contribution in [3.05, 3.63) is 182 Å². The van der Waals surface area contributed by atoms with Crippen LogP contribution < -0.4 is 26.4 Å². The zero-order valence-corrected chi connectivity index (χ0v) is 30.0. The summed E-state index contributed by atoms with van der Waals surface area (Å²) in [4.78, 5) is 11.9. The first-order chi connectivity index (χ1) is 29.7. The first-order valence-corrected chi connectivity index (χ1v) is 16.6. The summed E-state index contributed by atoms with van der Waals surface area (Å²) in [6.07, 6.45) is -10.4. The second kappa shape index (κ2) is 17.5. The van der Waals surface area contributed by atoms with Gasteiger partial charge in [-0.3, -0.25) is 4.79 Å². The highest BCUT2D eigenvalue weighted by molar-refractivity contribution is 7.20. The minimum Gasteiger partial charge on any atom is -0.287 e. The van der Waals surface area contributed by atoms with Gasteiger partial charge in [0.05, 0.1) is 0 Å². The average molecular weight is 945 g/mol. The Bertz CT molecular complexity index is 2490. The Hall–Kier alpha value is -6.63. The van der Waals surface area contributed by atoms with Gasteiger partial charge in [0.1, 0.15) is 52.7 Å². The number of aromatic nitrogens is 1. The van der Waals surface area contributed by atoms with Crippen LogP contribution in [0.4, 0.5) is 101 Å². The molecule has 6 rings (SSSR count). The van der Waals surface area contributed by atoms with Crippen LogP contribution >= 0.6 is 0 Å². The molecule has 6 aromatic rings. The molecule has 0 spiro atoms. The van der Waals surface area contributed by atoms with Crippen molar-refractivity contribution in [3.8, 4) is 0 Å². The summed E-state index contributed by atoms with van der Waals surface area (Å²) in [6, 6.07) is 12.0. The number of carbonyl (C=O) groups is 1. The van der Waals surface area contributed by atoms with Gasteiger partial charge >= 0.3 is 6.18 Å². The minimum absolute atomic E-state index is 0.334. The van der Waals surface area contributed by atoms with Crippen LogP contribution in [0.15, 0.2) is 54.7 Å². The number of hydrogen-bond acceptors (Lipinski definition) is 1. The van der Waals surface area contributed by atoms with Crippen molar-refractivity contribution in [2.75, 3.05) is 0 Å². The molecule has 0 bridgehead atoms. The fraction of sp³-hybridized carbons (Fsp3) is 0.0526. The molecule has 5 aromatic carbocycles. The van der Waals surface area contributed by atoms with E-state index in [1.807, 2.05) is 0 Å². The number of rotatable bonds is 7. The van der Waals surface area contributed by atoms with E-state index in [9.17, 15) is 70.7 Å². The maximum absolute atomic E-state index is 15.4. The highest BCUT2D eigenvalue weighted by Crippen LogP contribution is 2.31. The smallest absolute Gasteiger partial charge is 0.287 e. The maximum atomic E-state index is 15.4. The lowest BCUT2D eigenvalue weighted by Crippen LogP contribution is -2.81. The molecule has 0 N–H and O–H groups in total. The van der Waals surface area contributed by atoms with E-state index in [1.54, 1.807) is 30.3 Å². The second-order valence-corrected chi connectivity index (χ2v) is 12.8. The summed E-state index contributed by atoms with van der Waals surface area (Å²) in [6.45, 7) is -0.334. The van der Waals surface area contributed by atoms with Gasteiger partial charge < -0.3 is 0 Å². The third kappa shape index (κ3) is 7.64. The first-order valence-electron chi connectivity index (χ1n) is 16.6. The topological polar surface area (TPSA) is 20.9 Å². The van der Waals surface area contributed by atoms with Gasteiger partial charge in [-0.15, -0.1) is 21.9 Å². The van der Waals surface area contributed by atoms with Crippen molar-refractivity contribution in [2.45, 2.75) is 12.7 Å². The van der Waals surface area contributed by atoms with Gasteiger partial charge in [-0.05, 0) is 6.07 Å². The van der Waals surface area contributed by atoms with Gasteiger partial charge in [-0.1, -0.05) is 30.3 Å². The Morgan fingerprint density at radius 3 is 0.891 bits per heavy atom. The molecule has 0 aliphatic heterocycles. The Morgan fingerprint density at radius 2 is 0.625 bits per heavy atom. The number of halogens is 23. The predicted molar refractivity (Wildman–Crippen MR) is 172 cm³/mol. The van der Waals surface area contributed by atoms with E-state index in [0.29, 0.717) is 5.56 Å². The van der Waals surface area contributed by atoms with Crippen LogP contribution in [0.25, 0.3) is 0 Å². The van der Waals surface area contributed by atoms with Gasteiger partial charge in [0.25, 0.3) is 5.69 Å². The number of alkyl halides is 3. The van der Waals surface area contributed by atoms with Crippen LogP contribution in [0.3, 0.4) is 0 Å². The largest absolute Gasteiger partial charge is 0.477 e.